The molecule has 0 radical (unpaired) electrons. The van der Waals surface area contributed by atoms with E-state index in [1.165, 1.54) is 69.3 Å². The molecule has 0 bridgehead atoms. The molecule has 0 aromatic carbocycles. The molecule has 1 aliphatic heterocycles. The van der Waals surface area contributed by atoms with E-state index in [-0.39, 0.29) is 10.8 Å². The second-order valence-corrected chi connectivity index (χ2v) is 18.6. The molecule has 2 unspecified atom stereocenters. The standard InChI is InChI=1S/C33H56S3/c1-11-16-18-24(13-3)22-36(23-25(14-4)19-17-12-2)26-20-28(32(6,7)8)34-30(26)31-27(36)21-29(35-31)33(9,10)15-5/h20-21,24-25H,11-19,22-23H2,1-10H3. The predicted octanol–water partition coefficient (Wildman–Crippen LogP) is 12.4. The number of fused-ring (bicyclic) bond motifs is 3. The van der Waals surface area contributed by atoms with Gasteiger partial charge in [-0.3, -0.25) is 0 Å². The summed E-state index contributed by atoms with van der Waals surface area (Å²) in [6.07, 6.45) is 12.1. The first-order valence-corrected chi connectivity index (χ1v) is 18.6. The summed E-state index contributed by atoms with van der Waals surface area (Å²) in [5.41, 5.74) is 0.491. The first-order chi connectivity index (χ1) is 17.0. The van der Waals surface area contributed by atoms with Gasteiger partial charge in [0.15, 0.2) is 0 Å². The summed E-state index contributed by atoms with van der Waals surface area (Å²) in [6.45, 7) is 24.2. The Morgan fingerprint density at radius 2 is 1.14 bits per heavy atom. The van der Waals surface area contributed by atoms with E-state index in [4.69, 9.17) is 0 Å². The summed E-state index contributed by atoms with van der Waals surface area (Å²) < 4.78 is 0. The lowest BCUT2D eigenvalue weighted by Crippen LogP contribution is -2.21. The third kappa shape index (κ3) is 6.15. The molecule has 0 saturated heterocycles. The lowest BCUT2D eigenvalue weighted by atomic mass is 9.89. The first kappa shape index (κ1) is 30.3. The molecule has 3 heteroatoms. The molecule has 206 valence electrons. The zero-order valence-electron chi connectivity index (χ0n) is 25.3. The Kier molecular flexibility index (Phi) is 10.3. The van der Waals surface area contributed by atoms with Crippen molar-refractivity contribution in [1.29, 1.82) is 0 Å². The minimum atomic E-state index is -1.03. The van der Waals surface area contributed by atoms with Gasteiger partial charge >= 0.3 is 0 Å². The Morgan fingerprint density at radius 3 is 1.53 bits per heavy atom. The van der Waals surface area contributed by atoms with Crippen molar-refractivity contribution >= 4 is 32.7 Å². The van der Waals surface area contributed by atoms with Crippen molar-refractivity contribution in [2.24, 2.45) is 11.8 Å². The number of hydrogen-bond acceptors (Lipinski definition) is 2. The second kappa shape index (κ2) is 12.3. The van der Waals surface area contributed by atoms with Gasteiger partial charge in [0, 0.05) is 19.5 Å². The van der Waals surface area contributed by atoms with Crippen LogP contribution in [-0.4, -0.2) is 11.5 Å². The summed E-state index contributed by atoms with van der Waals surface area (Å²) in [5, 5.41) is 0. The molecule has 36 heavy (non-hydrogen) atoms. The van der Waals surface area contributed by atoms with E-state index in [1.807, 2.05) is 0 Å². The quantitative estimate of drug-likeness (QED) is 0.220. The molecule has 2 aromatic rings. The number of hydrogen-bond donors (Lipinski definition) is 0. The highest BCUT2D eigenvalue weighted by Crippen LogP contribution is 2.77. The van der Waals surface area contributed by atoms with Crippen molar-refractivity contribution in [2.45, 2.75) is 148 Å². The summed E-state index contributed by atoms with van der Waals surface area (Å²) in [4.78, 5) is 10.2. The molecule has 1 aliphatic rings. The highest BCUT2D eigenvalue weighted by molar-refractivity contribution is 8.34. The van der Waals surface area contributed by atoms with Crippen LogP contribution in [0, 0.1) is 11.8 Å². The lowest BCUT2D eigenvalue weighted by molar-refractivity contribution is 0.484. The van der Waals surface area contributed by atoms with Crippen LogP contribution < -0.4 is 0 Å². The normalized spacial score (nSPS) is 21.2. The van der Waals surface area contributed by atoms with Gasteiger partial charge in [0.1, 0.15) is 0 Å². The van der Waals surface area contributed by atoms with Gasteiger partial charge < -0.3 is 0 Å². The van der Waals surface area contributed by atoms with Crippen LogP contribution in [0.5, 0.6) is 0 Å². The number of unbranched alkanes of at least 4 members (excludes halogenated alkanes) is 2. The molecule has 2 aromatic heterocycles. The molecule has 0 amide bonds. The van der Waals surface area contributed by atoms with Gasteiger partial charge in [0.2, 0.25) is 0 Å². The Labute approximate surface area is 234 Å². The van der Waals surface area contributed by atoms with Crippen LogP contribution in [0.2, 0.25) is 0 Å². The smallest absolute Gasteiger partial charge is 0.0580 e. The molecule has 2 atom stereocenters. The number of rotatable bonds is 14. The average molecular weight is 549 g/mol. The molecule has 0 aliphatic carbocycles. The Morgan fingerprint density at radius 1 is 0.694 bits per heavy atom. The minimum absolute atomic E-state index is 0.224. The fourth-order valence-electron chi connectivity index (χ4n) is 5.67. The zero-order valence-corrected chi connectivity index (χ0v) is 27.8. The third-order valence-electron chi connectivity index (χ3n) is 8.86. The molecule has 0 N–H and O–H groups in total. The zero-order chi connectivity index (χ0) is 26.7. The summed E-state index contributed by atoms with van der Waals surface area (Å²) in [7, 11) is -1.03. The van der Waals surface area contributed by atoms with Gasteiger partial charge in [0.25, 0.3) is 0 Å². The SMILES string of the molecule is CCCCC(CC)CS1(CC(CC)CCCC)c2cc(C(C)(C)C)sc2-c2sc(C(C)(C)CC)cc21. The minimum Gasteiger partial charge on any atom is -0.184 e. The molecular weight excluding hydrogens is 493 g/mol. The summed E-state index contributed by atoms with van der Waals surface area (Å²) in [6, 6.07) is 5.45. The van der Waals surface area contributed by atoms with Gasteiger partial charge in [-0.1, -0.05) is 108 Å². The van der Waals surface area contributed by atoms with Gasteiger partial charge in [0.05, 0.1) is 9.75 Å². The van der Waals surface area contributed by atoms with Crippen LogP contribution in [-0.2, 0) is 10.8 Å². The van der Waals surface area contributed by atoms with Crippen molar-refractivity contribution < 1.29 is 0 Å². The lowest BCUT2D eigenvalue weighted by Gasteiger charge is -2.43. The summed E-state index contributed by atoms with van der Waals surface area (Å²) in [5.74, 6) is 4.55. The molecule has 0 nitrogen and oxygen atoms in total. The van der Waals surface area contributed by atoms with E-state index in [0.717, 1.165) is 11.8 Å². The van der Waals surface area contributed by atoms with Crippen molar-refractivity contribution in [3.63, 3.8) is 0 Å². The average Bonchev–Trinajstić information content (AvgIpc) is 3.53. The predicted molar refractivity (Wildman–Crippen MR) is 170 cm³/mol. The molecule has 3 heterocycles. The fraction of sp³-hybridized carbons (Fsp3) is 0.758. The van der Waals surface area contributed by atoms with E-state index >= 15 is 0 Å². The molecule has 0 fully saturated rings. The largest absolute Gasteiger partial charge is 0.184 e. The van der Waals surface area contributed by atoms with Crippen LogP contribution >= 0.6 is 32.7 Å². The van der Waals surface area contributed by atoms with Gasteiger partial charge in [-0.2, -0.15) is 10.0 Å². The molecular formula is C33H56S3. The van der Waals surface area contributed by atoms with Crippen LogP contribution in [0.4, 0.5) is 0 Å². The van der Waals surface area contributed by atoms with Crippen LogP contribution in [0.25, 0.3) is 9.75 Å². The Hall–Kier alpha value is -0.250. The van der Waals surface area contributed by atoms with Crippen LogP contribution in [0.3, 0.4) is 0 Å². The fourth-order valence-corrected chi connectivity index (χ4v) is 14.8. The first-order valence-electron chi connectivity index (χ1n) is 15.0. The van der Waals surface area contributed by atoms with Crippen molar-refractivity contribution in [1.82, 2.24) is 0 Å². The topological polar surface area (TPSA) is 0 Å². The molecule has 0 saturated carbocycles. The maximum absolute atomic E-state index is 2.74. The maximum Gasteiger partial charge on any atom is 0.0580 e. The number of thiophene rings is 2. The van der Waals surface area contributed by atoms with Crippen LogP contribution in [0.1, 0.15) is 137 Å². The van der Waals surface area contributed by atoms with E-state index < -0.39 is 10.0 Å². The maximum atomic E-state index is 2.74. The van der Waals surface area contributed by atoms with Gasteiger partial charge in [-0.15, -0.1) is 22.7 Å². The van der Waals surface area contributed by atoms with Crippen molar-refractivity contribution in [2.75, 3.05) is 11.5 Å². The Balaban J connectivity index is 2.24. The van der Waals surface area contributed by atoms with Gasteiger partial charge in [-0.25, -0.2) is 0 Å². The Bertz CT molecular complexity index is 950. The van der Waals surface area contributed by atoms with E-state index in [1.54, 1.807) is 29.3 Å². The van der Waals surface area contributed by atoms with Crippen molar-refractivity contribution in [3.8, 4) is 9.75 Å². The van der Waals surface area contributed by atoms with Crippen LogP contribution in [0.15, 0.2) is 21.9 Å². The third-order valence-corrected chi connectivity index (χ3v) is 16.8. The summed E-state index contributed by atoms with van der Waals surface area (Å²) >= 11 is 4.30. The highest BCUT2D eigenvalue weighted by Gasteiger charge is 2.45. The van der Waals surface area contributed by atoms with Crippen molar-refractivity contribution in [3.05, 3.63) is 21.9 Å². The molecule has 0 spiro atoms. The monoisotopic (exact) mass is 548 g/mol. The highest BCUT2D eigenvalue weighted by atomic mass is 32.3. The van der Waals surface area contributed by atoms with Gasteiger partial charge in [-0.05, 0) is 65.6 Å². The van der Waals surface area contributed by atoms with E-state index in [2.05, 4.69) is 104 Å². The molecule has 3 rings (SSSR count). The second-order valence-electron chi connectivity index (χ2n) is 13.1. The van der Waals surface area contributed by atoms with E-state index in [9.17, 15) is 0 Å². The van der Waals surface area contributed by atoms with E-state index in [0.29, 0.717) is 0 Å².